The van der Waals surface area contributed by atoms with Gasteiger partial charge in [-0.1, -0.05) is 39.3 Å². The minimum Gasteiger partial charge on any atom is -0.236 e. The summed E-state index contributed by atoms with van der Waals surface area (Å²) in [6.07, 6.45) is 3.03. The number of hydrogen-bond donors (Lipinski definition) is 0. The lowest BCUT2D eigenvalue weighted by Gasteiger charge is -2.15. The Morgan fingerprint density at radius 3 is 2.24 bits per heavy atom. The summed E-state index contributed by atoms with van der Waals surface area (Å²) >= 11 is 9.64. The van der Waals surface area contributed by atoms with Gasteiger partial charge in [0.05, 0.1) is 10.2 Å². The molecular formula is C13H20BrClN2. The van der Waals surface area contributed by atoms with Crippen LogP contribution in [0.1, 0.15) is 58.0 Å². The quantitative estimate of drug-likeness (QED) is 0.714. The molecule has 2 nitrogen and oxygen atoms in total. The Hall–Kier alpha value is -0.150. The summed E-state index contributed by atoms with van der Waals surface area (Å²) < 4.78 is 0.850. The van der Waals surface area contributed by atoms with E-state index in [0.29, 0.717) is 17.0 Å². The maximum absolute atomic E-state index is 6.16. The van der Waals surface area contributed by atoms with E-state index in [1.165, 1.54) is 0 Å². The minimum atomic E-state index is 0.409. The molecule has 1 aromatic rings. The lowest BCUT2D eigenvalue weighted by atomic mass is 10.0. The topological polar surface area (TPSA) is 25.8 Å². The Labute approximate surface area is 117 Å². The molecule has 0 aliphatic rings. The summed E-state index contributed by atoms with van der Waals surface area (Å²) in [5.41, 5.74) is 1.03. The molecule has 96 valence electrons. The highest BCUT2D eigenvalue weighted by Gasteiger charge is 2.16. The second-order valence-corrected chi connectivity index (χ2v) is 5.90. The fourth-order valence-corrected chi connectivity index (χ4v) is 2.37. The number of nitrogens with zero attached hydrogens (tertiary/aromatic N) is 2. The van der Waals surface area contributed by atoms with Gasteiger partial charge in [0.1, 0.15) is 11.0 Å². The zero-order valence-electron chi connectivity index (χ0n) is 10.9. The third kappa shape index (κ3) is 3.92. The molecule has 4 heteroatoms. The van der Waals surface area contributed by atoms with Crippen molar-refractivity contribution < 1.29 is 0 Å². The number of hydrogen-bond acceptors (Lipinski definition) is 2. The first-order valence-corrected chi connectivity index (χ1v) is 7.38. The molecule has 1 aromatic heterocycles. The summed E-state index contributed by atoms with van der Waals surface area (Å²) in [5, 5.41) is 0.539. The first-order chi connectivity index (χ1) is 7.99. The maximum atomic E-state index is 6.16. The molecule has 1 rings (SSSR count). The number of aromatic nitrogens is 2. The molecule has 0 aromatic carbocycles. The van der Waals surface area contributed by atoms with Gasteiger partial charge < -0.3 is 0 Å². The van der Waals surface area contributed by atoms with Crippen LogP contribution in [0.4, 0.5) is 0 Å². The van der Waals surface area contributed by atoms with E-state index in [4.69, 9.17) is 11.6 Å². The van der Waals surface area contributed by atoms with E-state index < -0.39 is 0 Å². The summed E-state index contributed by atoms with van der Waals surface area (Å²) in [7, 11) is 0. The van der Waals surface area contributed by atoms with E-state index in [1.807, 2.05) is 0 Å². The zero-order valence-corrected chi connectivity index (χ0v) is 13.3. The van der Waals surface area contributed by atoms with E-state index >= 15 is 0 Å². The van der Waals surface area contributed by atoms with Crippen LogP contribution in [0.5, 0.6) is 0 Å². The van der Waals surface area contributed by atoms with Crippen molar-refractivity contribution in [3.8, 4) is 0 Å². The highest BCUT2D eigenvalue weighted by molar-refractivity contribution is 9.10. The van der Waals surface area contributed by atoms with Crippen LogP contribution in [-0.2, 0) is 6.42 Å². The van der Waals surface area contributed by atoms with Crippen LogP contribution < -0.4 is 0 Å². The van der Waals surface area contributed by atoms with Crippen molar-refractivity contribution in [2.24, 2.45) is 5.92 Å². The summed E-state index contributed by atoms with van der Waals surface area (Å²) in [6, 6.07) is 0. The Morgan fingerprint density at radius 1 is 1.18 bits per heavy atom. The predicted octanol–water partition coefficient (Wildman–Crippen LogP) is 4.99. The van der Waals surface area contributed by atoms with Crippen LogP contribution >= 0.6 is 27.5 Å². The van der Waals surface area contributed by atoms with Gasteiger partial charge in [-0.2, -0.15) is 0 Å². The molecule has 1 heterocycles. The van der Waals surface area contributed by atoms with Gasteiger partial charge in [-0.3, -0.25) is 0 Å². The molecule has 0 aliphatic heterocycles. The summed E-state index contributed by atoms with van der Waals surface area (Å²) in [4.78, 5) is 9.06. The molecule has 0 atom stereocenters. The van der Waals surface area contributed by atoms with Gasteiger partial charge in [0, 0.05) is 5.92 Å². The molecule has 0 aliphatic carbocycles. The summed E-state index contributed by atoms with van der Waals surface area (Å²) in [6.45, 7) is 8.68. The van der Waals surface area contributed by atoms with Gasteiger partial charge in [0.25, 0.3) is 0 Å². The smallest absolute Gasteiger partial charge is 0.147 e. The summed E-state index contributed by atoms with van der Waals surface area (Å²) in [5.74, 6) is 1.86. The maximum Gasteiger partial charge on any atom is 0.147 e. The number of halogens is 2. The molecule has 17 heavy (non-hydrogen) atoms. The zero-order chi connectivity index (χ0) is 13.0. The van der Waals surface area contributed by atoms with Gasteiger partial charge in [0.2, 0.25) is 0 Å². The van der Waals surface area contributed by atoms with Crippen molar-refractivity contribution in [2.75, 3.05) is 0 Å². The normalized spacial score (nSPS) is 11.5. The predicted molar refractivity (Wildman–Crippen MR) is 76.6 cm³/mol. The largest absolute Gasteiger partial charge is 0.236 e. The van der Waals surface area contributed by atoms with Gasteiger partial charge in [-0.15, -0.1) is 0 Å². The lowest BCUT2D eigenvalue weighted by Crippen LogP contribution is -2.08. The van der Waals surface area contributed by atoms with E-state index in [2.05, 4.69) is 53.6 Å². The molecule has 0 spiro atoms. The molecular weight excluding hydrogens is 300 g/mol. The van der Waals surface area contributed by atoms with Crippen LogP contribution in [0.15, 0.2) is 4.47 Å². The Kier molecular flexibility index (Phi) is 5.87. The molecule has 0 radical (unpaired) electrons. The second-order valence-electron chi connectivity index (χ2n) is 4.74. The second kappa shape index (κ2) is 6.69. The van der Waals surface area contributed by atoms with Crippen molar-refractivity contribution in [3.05, 3.63) is 21.1 Å². The van der Waals surface area contributed by atoms with Gasteiger partial charge in [0.15, 0.2) is 0 Å². The van der Waals surface area contributed by atoms with E-state index in [0.717, 1.165) is 35.3 Å². The average Bonchev–Trinajstić information content (AvgIpc) is 2.26. The number of rotatable bonds is 5. The monoisotopic (exact) mass is 318 g/mol. The molecule has 0 N–H and O–H groups in total. The van der Waals surface area contributed by atoms with Gasteiger partial charge >= 0.3 is 0 Å². The molecule has 0 fully saturated rings. The molecule has 0 amide bonds. The van der Waals surface area contributed by atoms with Crippen LogP contribution in [0.2, 0.25) is 5.15 Å². The first-order valence-electron chi connectivity index (χ1n) is 6.21. The Bertz CT molecular complexity index is 376. The van der Waals surface area contributed by atoms with Crippen LogP contribution in [0.3, 0.4) is 0 Å². The standard InChI is InChI=1S/C13H20BrClN2/c1-5-9(6-2)13-16-10(7-8(3)4)11(14)12(15)17-13/h8-9H,5-7H2,1-4H3. The van der Waals surface area contributed by atoms with Gasteiger partial charge in [-0.25, -0.2) is 9.97 Å². The van der Waals surface area contributed by atoms with Crippen molar-refractivity contribution in [3.63, 3.8) is 0 Å². The third-order valence-electron chi connectivity index (χ3n) is 2.85. The van der Waals surface area contributed by atoms with E-state index in [9.17, 15) is 0 Å². The minimum absolute atomic E-state index is 0.409. The lowest BCUT2D eigenvalue weighted by molar-refractivity contribution is 0.581. The van der Waals surface area contributed by atoms with Crippen molar-refractivity contribution in [2.45, 2.75) is 52.9 Å². The highest BCUT2D eigenvalue weighted by Crippen LogP contribution is 2.29. The van der Waals surface area contributed by atoms with Crippen LogP contribution in [-0.4, -0.2) is 9.97 Å². The van der Waals surface area contributed by atoms with Gasteiger partial charge in [-0.05, 0) is 41.1 Å². The average molecular weight is 320 g/mol. The molecule has 0 saturated carbocycles. The van der Waals surface area contributed by atoms with Crippen molar-refractivity contribution >= 4 is 27.5 Å². The highest BCUT2D eigenvalue weighted by atomic mass is 79.9. The van der Waals surface area contributed by atoms with Crippen molar-refractivity contribution in [1.29, 1.82) is 0 Å². The first kappa shape index (κ1) is 14.9. The van der Waals surface area contributed by atoms with Crippen LogP contribution in [0, 0.1) is 5.92 Å². The van der Waals surface area contributed by atoms with Crippen molar-refractivity contribution in [1.82, 2.24) is 9.97 Å². The Balaban J connectivity index is 3.13. The third-order valence-corrected chi connectivity index (χ3v) is 4.18. The SMILES string of the molecule is CCC(CC)c1nc(Cl)c(Br)c(CC(C)C)n1. The fourth-order valence-electron chi connectivity index (χ4n) is 1.84. The molecule has 0 bridgehead atoms. The Morgan fingerprint density at radius 2 is 1.76 bits per heavy atom. The molecule has 0 unspecified atom stereocenters. The fraction of sp³-hybridized carbons (Fsp3) is 0.692. The van der Waals surface area contributed by atoms with Crippen LogP contribution in [0.25, 0.3) is 0 Å². The van der Waals surface area contributed by atoms with E-state index in [1.54, 1.807) is 0 Å². The molecule has 0 saturated heterocycles. The van der Waals surface area contributed by atoms with E-state index in [-0.39, 0.29) is 0 Å².